The minimum Gasteiger partial charge on any atom is -0.317 e. The largest absolute Gasteiger partial charge is 0.317 e. The zero-order valence-electron chi connectivity index (χ0n) is 9.74. The lowest BCUT2D eigenvalue weighted by Gasteiger charge is -2.25. The highest BCUT2D eigenvalue weighted by Crippen LogP contribution is 2.32. The number of nitrogens with one attached hydrogen (secondary N) is 1. The molecular weight excluding hydrogens is 208 g/mol. The van der Waals surface area contributed by atoms with Gasteiger partial charge >= 0.3 is 0 Å². The zero-order valence-corrected chi connectivity index (χ0v) is 9.74. The third-order valence-corrected chi connectivity index (χ3v) is 3.44. The maximum Gasteiger partial charge on any atom is 0.130 e. The Morgan fingerprint density at radius 2 is 1.81 bits per heavy atom. The van der Waals surface area contributed by atoms with Crippen molar-refractivity contribution in [2.75, 3.05) is 13.1 Å². The van der Waals surface area contributed by atoms with Crippen molar-refractivity contribution in [1.29, 1.82) is 0 Å². The molecular formula is C13H17F2N. The van der Waals surface area contributed by atoms with Crippen LogP contribution in [0.3, 0.4) is 0 Å². The van der Waals surface area contributed by atoms with Crippen molar-refractivity contribution >= 4 is 0 Å². The molecule has 0 spiro atoms. The Morgan fingerprint density at radius 3 is 2.44 bits per heavy atom. The molecule has 1 fully saturated rings. The summed E-state index contributed by atoms with van der Waals surface area (Å²) in [5.41, 5.74) is 1.49. The summed E-state index contributed by atoms with van der Waals surface area (Å²) in [5.74, 6) is -0.339. The lowest BCUT2D eigenvalue weighted by atomic mass is 9.86. The summed E-state index contributed by atoms with van der Waals surface area (Å²) in [4.78, 5) is 0. The van der Waals surface area contributed by atoms with Crippen LogP contribution in [0.1, 0.15) is 35.4 Å². The number of aryl methyl sites for hydroxylation is 1. The predicted molar refractivity (Wildman–Crippen MR) is 60.7 cm³/mol. The van der Waals surface area contributed by atoms with E-state index in [2.05, 4.69) is 5.32 Å². The van der Waals surface area contributed by atoms with E-state index in [0.29, 0.717) is 16.7 Å². The smallest absolute Gasteiger partial charge is 0.130 e. The predicted octanol–water partition coefficient (Wildman–Crippen LogP) is 3.05. The minimum absolute atomic E-state index is 0.163. The lowest BCUT2D eigenvalue weighted by molar-refractivity contribution is 0.438. The summed E-state index contributed by atoms with van der Waals surface area (Å²) in [6.45, 7) is 5.08. The van der Waals surface area contributed by atoms with Gasteiger partial charge in [-0.3, -0.25) is 0 Å². The second-order valence-corrected chi connectivity index (χ2v) is 4.55. The number of rotatable bonds is 1. The molecule has 1 aliphatic heterocycles. The fourth-order valence-electron chi connectivity index (χ4n) is 2.46. The minimum atomic E-state index is -0.285. The summed E-state index contributed by atoms with van der Waals surface area (Å²) in [6.07, 6.45) is 1.78. The van der Waals surface area contributed by atoms with Gasteiger partial charge in [0.05, 0.1) is 0 Å². The second-order valence-electron chi connectivity index (χ2n) is 4.55. The van der Waals surface area contributed by atoms with E-state index in [1.54, 1.807) is 13.8 Å². The third-order valence-electron chi connectivity index (χ3n) is 3.44. The zero-order chi connectivity index (χ0) is 11.7. The summed E-state index contributed by atoms with van der Waals surface area (Å²) < 4.78 is 27.6. The molecule has 1 heterocycles. The molecule has 1 N–H and O–H groups in total. The highest BCUT2D eigenvalue weighted by atomic mass is 19.1. The molecule has 1 saturated heterocycles. The first-order valence-electron chi connectivity index (χ1n) is 5.77. The lowest BCUT2D eigenvalue weighted by Crippen LogP contribution is -2.27. The van der Waals surface area contributed by atoms with Crippen molar-refractivity contribution in [2.24, 2.45) is 0 Å². The van der Waals surface area contributed by atoms with Crippen molar-refractivity contribution in [3.05, 3.63) is 34.4 Å². The van der Waals surface area contributed by atoms with Gasteiger partial charge in [0.2, 0.25) is 0 Å². The first-order chi connectivity index (χ1) is 7.61. The molecule has 1 aliphatic rings. The molecule has 0 amide bonds. The standard InChI is InChI=1S/C13H17F2N/c1-8-7-11(14)9(2)12(13(8)15)10-3-5-16-6-4-10/h7,10,16H,3-6H2,1-2H3. The highest BCUT2D eigenvalue weighted by Gasteiger charge is 2.23. The molecule has 0 saturated carbocycles. The number of piperidine rings is 1. The van der Waals surface area contributed by atoms with Gasteiger partial charge in [-0.1, -0.05) is 0 Å². The van der Waals surface area contributed by atoms with Crippen molar-refractivity contribution in [1.82, 2.24) is 5.32 Å². The molecule has 0 unspecified atom stereocenters. The summed E-state index contributed by atoms with van der Waals surface area (Å²) in [5, 5.41) is 3.24. The van der Waals surface area contributed by atoms with Crippen LogP contribution in [0, 0.1) is 25.5 Å². The number of hydrogen-bond acceptors (Lipinski definition) is 1. The van der Waals surface area contributed by atoms with Gasteiger partial charge in [-0.15, -0.1) is 0 Å². The molecule has 3 heteroatoms. The van der Waals surface area contributed by atoms with Gasteiger partial charge in [-0.05, 0) is 68.5 Å². The Labute approximate surface area is 94.9 Å². The van der Waals surface area contributed by atoms with Crippen LogP contribution < -0.4 is 5.32 Å². The number of benzene rings is 1. The number of hydrogen-bond donors (Lipinski definition) is 1. The van der Waals surface area contributed by atoms with Crippen molar-refractivity contribution < 1.29 is 8.78 Å². The molecule has 2 rings (SSSR count). The SMILES string of the molecule is Cc1cc(F)c(C)c(C2CCNCC2)c1F. The molecule has 0 aliphatic carbocycles. The topological polar surface area (TPSA) is 12.0 Å². The van der Waals surface area contributed by atoms with Crippen LogP contribution in [0.5, 0.6) is 0 Å². The Bertz CT molecular complexity index is 369. The first kappa shape index (κ1) is 11.5. The van der Waals surface area contributed by atoms with Crippen LogP contribution in [0.4, 0.5) is 8.78 Å². The van der Waals surface area contributed by atoms with E-state index in [4.69, 9.17) is 0 Å². The maximum atomic E-state index is 14.0. The number of halogens is 2. The molecule has 1 nitrogen and oxygen atoms in total. The normalized spacial score (nSPS) is 17.8. The first-order valence-corrected chi connectivity index (χ1v) is 5.77. The van der Waals surface area contributed by atoms with E-state index >= 15 is 0 Å². The van der Waals surface area contributed by atoms with Crippen LogP contribution in [0.2, 0.25) is 0 Å². The van der Waals surface area contributed by atoms with Gasteiger partial charge in [-0.25, -0.2) is 8.78 Å². The summed E-state index contributed by atoms with van der Waals surface area (Å²) >= 11 is 0. The average Bonchev–Trinajstić information content (AvgIpc) is 2.28. The molecule has 88 valence electrons. The van der Waals surface area contributed by atoms with E-state index in [9.17, 15) is 8.78 Å². The molecule has 16 heavy (non-hydrogen) atoms. The average molecular weight is 225 g/mol. The van der Waals surface area contributed by atoms with E-state index in [-0.39, 0.29) is 17.6 Å². The molecule has 0 radical (unpaired) electrons. The van der Waals surface area contributed by atoms with Crippen LogP contribution in [-0.4, -0.2) is 13.1 Å². The Kier molecular flexibility index (Phi) is 3.24. The van der Waals surface area contributed by atoms with Gasteiger partial charge in [0, 0.05) is 0 Å². The Hall–Kier alpha value is -0.960. The van der Waals surface area contributed by atoms with Crippen LogP contribution in [0.25, 0.3) is 0 Å². The van der Waals surface area contributed by atoms with Crippen LogP contribution >= 0.6 is 0 Å². The van der Waals surface area contributed by atoms with Crippen LogP contribution in [-0.2, 0) is 0 Å². The van der Waals surface area contributed by atoms with E-state index < -0.39 is 0 Å². The van der Waals surface area contributed by atoms with Crippen molar-refractivity contribution in [2.45, 2.75) is 32.6 Å². The van der Waals surface area contributed by atoms with Crippen LogP contribution in [0.15, 0.2) is 6.07 Å². The van der Waals surface area contributed by atoms with E-state index in [1.165, 1.54) is 6.07 Å². The third kappa shape index (κ3) is 1.96. The summed E-state index contributed by atoms with van der Waals surface area (Å²) in [6, 6.07) is 1.29. The van der Waals surface area contributed by atoms with E-state index in [1.807, 2.05) is 0 Å². The second kappa shape index (κ2) is 4.50. The molecule has 1 aromatic carbocycles. The van der Waals surface area contributed by atoms with Gasteiger partial charge < -0.3 is 5.32 Å². The Morgan fingerprint density at radius 1 is 1.19 bits per heavy atom. The molecule has 0 bridgehead atoms. The highest BCUT2D eigenvalue weighted by molar-refractivity contribution is 5.36. The van der Waals surface area contributed by atoms with Gasteiger partial charge in [0.15, 0.2) is 0 Å². The quantitative estimate of drug-likeness (QED) is 0.774. The van der Waals surface area contributed by atoms with Gasteiger partial charge in [-0.2, -0.15) is 0 Å². The Balaban J connectivity index is 2.45. The summed E-state index contributed by atoms with van der Waals surface area (Å²) in [7, 11) is 0. The van der Waals surface area contributed by atoms with Gasteiger partial charge in [0.25, 0.3) is 0 Å². The van der Waals surface area contributed by atoms with Crippen molar-refractivity contribution in [3.63, 3.8) is 0 Å². The van der Waals surface area contributed by atoms with Gasteiger partial charge in [0.1, 0.15) is 11.6 Å². The molecule has 1 aromatic rings. The van der Waals surface area contributed by atoms with Crippen molar-refractivity contribution in [3.8, 4) is 0 Å². The van der Waals surface area contributed by atoms with E-state index in [0.717, 1.165) is 25.9 Å². The fraction of sp³-hybridized carbons (Fsp3) is 0.538. The molecule has 0 atom stereocenters. The monoisotopic (exact) mass is 225 g/mol. The fourth-order valence-corrected chi connectivity index (χ4v) is 2.46. The maximum absolute atomic E-state index is 14.0. The molecule has 0 aromatic heterocycles.